The minimum atomic E-state index is 1.02. The number of allylic oxidation sites excluding steroid dienone is 3. The Morgan fingerprint density at radius 2 is 2.44 bits per heavy atom. The first-order chi connectivity index (χ1) is 4.43. The highest BCUT2D eigenvalue weighted by molar-refractivity contribution is 5.86. The van der Waals surface area contributed by atoms with E-state index >= 15 is 0 Å². The number of hydrogen-bond acceptors (Lipinski definition) is 1. The molecule has 0 saturated carbocycles. The molecule has 1 aliphatic rings. The van der Waals surface area contributed by atoms with E-state index in [-0.39, 0.29) is 0 Å². The summed E-state index contributed by atoms with van der Waals surface area (Å²) in [6.45, 7) is 2.13. The molecule has 0 aliphatic carbocycles. The molecule has 1 rings (SSSR count). The molecule has 0 amide bonds. The Balaban J connectivity index is 2.62. The molecule has 0 N–H and O–H groups in total. The average molecular weight is 121 g/mol. The van der Waals surface area contributed by atoms with Crippen molar-refractivity contribution in [2.45, 2.75) is 19.8 Å². The van der Waals surface area contributed by atoms with Gasteiger partial charge in [0.2, 0.25) is 0 Å². The zero-order valence-corrected chi connectivity index (χ0v) is 5.67. The van der Waals surface area contributed by atoms with Crippen LogP contribution in [0.15, 0.2) is 29.4 Å². The lowest BCUT2D eigenvalue weighted by atomic mass is 10.2. The van der Waals surface area contributed by atoms with Crippen molar-refractivity contribution in [1.29, 1.82) is 0 Å². The third-order valence-electron chi connectivity index (χ3n) is 1.35. The van der Waals surface area contributed by atoms with Crippen molar-refractivity contribution in [3.05, 3.63) is 24.4 Å². The quantitative estimate of drug-likeness (QED) is 0.504. The summed E-state index contributed by atoms with van der Waals surface area (Å²) in [5, 5.41) is 0. The molecule has 0 bridgehead atoms. The van der Waals surface area contributed by atoms with Gasteiger partial charge in [-0.1, -0.05) is 19.1 Å². The second-order valence-electron chi connectivity index (χ2n) is 2.02. The van der Waals surface area contributed by atoms with E-state index in [2.05, 4.69) is 18.0 Å². The van der Waals surface area contributed by atoms with E-state index in [1.807, 2.05) is 18.4 Å². The van der Waals surface area contributed by atoms with Crippen LogP contribution < -0.4 is 0 Å². The van der Waals surface area contributed by atoms with Gasteiger partial charge in [-0.2, -0.15) is 0 Å². The highest BCUT2D eigenvalue weighted by atomic mass is 14.7. The number of rotatable bonds is 1. The van der Waals surface area contributed by atoms with Gasteiger partial charge in [-0.25, -0.2) is 0 Å². The first-order valence-electron chi connectivity index (χ1n) is 3.30. The molecule has 0 atom stereocenters. The Morgan fingerprint density at radius 1 is 1.56 bits per heavy atom. The van der Waals surface area contributed by atoms with Gasteiger partial charge in [-0.3, -0.25) is 4.99 Å². The SMILES string of the molecule is CCC1=NC=CC=CC1. The van der Waals surface area contributed by atoms with Gasteiger partial charge in [0.05, 0.1) is 0 Å². The van der Waals surface area contributed by atoms with Gasteiger partial charge >= 0.3 is 0 Å². The van der Waals surface area contributed by atoms with Crippen molar-refractivity contribution in [3.8, 4) is 0 Å². The average Bonchev–Trinajstić information content (AvgIpc) is 2.13. The molecule has 0 unspecified atom stereocenters. The molecule has 0 spiro atoms. The summed E-state index contributed by atoms with van der Waals surface area (Å²) in [5.74, 6) is 0. The van der Waals surface area contributed by atoms with Crippen molar-refractivity contribution < 1.29 is 0 Å². The Labute approximate surface area is 55.8 Å². The van der Waals surface area contributed by atoms with Crippen molar-refractivity contribution >= 4 is 5.71 Å². The van der Waals surface area contributed by atoms with Crippen LogP contribution in [-0.2, 0) is 0 Å². The highest BCUT2D eigenvalue weighted by Crippen LogP contribution is 1.99. The van der Waals surface area contributed by atoms with Crippen LogP contribution in [0.25, 0.3) is 0 Å². The van der Waals surface area contributed by atoms with Gasteiger partial charge in [-0.05, 0) is 12.5 Å². The normalized spacial score (nSPS) is 17.2. The molecule has 0 saturated heterocycles. The lowest BCUT2D eigenvalue weighted by Gasteiger charge is -1.92. The van der Waals surface area contributed by atoms with E-state index < -0.39 is 0 Å². The van der Waals surface area contributed by atoms with E-state index in [1.165, 1.54) is 5.71 Å². The summed E-state index contributed by atoms with van der Waals surface area (Å²) in [7, 11) is 0. The summed E-state index contributed by atoms with van der Waals surface area (Å²) < 4.78 is 0. The number of nitrogens with zero attached hydrogens (tertiary/aromatic N) is 1. The van der Waals surface area contributed by atoms with Crippen molar-refractivity contribution in [2.75, 3.05) is 0 Å². The zero-order valence-electron chi connectivity index (χ0n) is 5.67. The van der Waals surface area contributed by atoms with Crippen LogP contribution in [0.1, 0.15) is 19.8 Å². The molecular formula is C8H11N. The van der Waals surface area contributed by atoms with E-state index in [1.54, 1.807) is 0 Å². The molecule has 1 heterocycles. The minimum absolute atomic E-state index is 1.02. The van der Waals surface area contributed by atoms with Crippen LogP contribution in [0.2, 0.25) is 0 Å². The first-order valence-corrected chi connectivity index (χ1v) is 3.30. The summed E-state index contributed by atoms with van der Waals surface area (Å²) in [6.07, 6.45) is 10.1. The fraction of sp³-hybridized carbons (Fsp3) is 0.375. The highest BCUT2D eigenvalue weighted by Gasteiger charge is 1.91. The van der Waals surface area contributed by atoms with Crippen molar-refractivity contribution in [1.82, 2.24) is 0 Å². The van der Waals surface area contributed by atoms with Gasteiger partial charge in [0.1, 0.15) is 0 Å². The second-order valence-corrected chi connectivity index (χ2v) is 2.02. The molecule has 0 aromatic rings. The third kappa shape index (κ3) is 1.84. The minimum Gasteiger partial charge on any atom is -0.265 e. The van der Waals surface area contributed by atoms with E-state index in [0.717, 1.165) is 12.8 Å². The molecule has 1 nitrogen and oxygen atoms in total. The smallest absolute Gasteiger partial charge is 0.0267 e. The number of aliphatic imine (C=N–C) groups is 1. The fourth-order valence-electron chi connectivity index (χ4n) is 0.769. The summed E-state index contributed by atoms with van der Waals surface area (Å²) in [5.41, 5.74) is 1.26. The molecule has 1 aliphatic heterocycles. The van der Waals surface area contributed by atoms with Crippen LogP contribution in [-0.4, -0.2) is 5.71 Å². The van der Waals surface area contributed by atoms with E-state index in [4.69, 9.17) is 0 Å². The molecule has 1 heteroatoms. The summed E-state index contributed by atoms with van der Waals surface area (Å²) in [4.78, 5) is 4.22. The van der Waals surface area contributed by atoms with Crippen LogP contribution in [0.3, 0.4) is 0 Å². The monoisotopic (exact) mass is 121 g/mol. The Bertz CT molecular complexity index is 163. The maximum Gasteiger partial charge on any atom is 0.0267 e. The van der Waals surface area contributed by atoms with Gasteiger partial charge in [0.15, 0.2) is 0 Å². The maximum atomic E-state index is 4.22. The molecular weight excluding hydrogens is 110 g/mol. The Kier molecular flexibility index (Phi) is 2.25. The second kappa shape index (κ2) is 3.23. The Morgan fingerprint density at radius 3 is 3.22 bits per heavy atom. The predicted octanol–water partition coefficient (Wildman–Crippen LogP) is 2.31. The van der Waals surface area contributed by atoms with Crippen LogP contribution >= 0.6 is 0 Å². The first kappa shape index (κ1) is 6.27. The van der Waals surface area contributed by atoms with Gasteiger partial charge in [-0.15, -0.1) is 0 Å². The lowest BCUT2D eigenvalue weighted by Crippen LogP contribution is -1.90. The van der Waals surface area contributed by atoms with Crippen molar-refractivity contribution in [3.63, 3.8) is 0 Å². The van der Waals surface area contributed by atoms with E-state index in [9.17, 15) is 0 Å². The number of hydrogen-bond donors (Lipinski definition) is 0. The maximum absolute atomic E-state index is 4.22. The van der Waals surface area contributed by atoms with Crippen LogP contribution in [0, 0.1) is 0 Å². The van der Waals surface area contributed by atoms with Crippen LogP contribution in [0.5, 0.6) is 0 Å². The van der Waals surface area contributed by atoms with Gasteiger partial charge < -0.3 is 0 Å². The largest absolute Gasteiger partial charge is 0.265 e. The van der Waals surface area contributed by atoms with Crippen molar-refractivity contribution in [2.24, 2.45) is 4.99 Å². The third-order valence-corrected chi connectivity index (χ3v) is 1.35. The van der Waals surface area contributed by atoms with Crippen LogP contribution in [0.4, 0.5) is 0 Å². The standard InChI is InChI=1S/C8H11N/c1-2-8-6-4-3-5-7-9-8/h3-5,7H,2,6H2,1H3. The molecule has 0 radical (unpaired) electrons. The van der Waals surface area contributed by atoms with Gasteiger partial charge in [0, 0.05) is 18.3 Å². The zero-order chi connectivity index (χ0) is 6.53. The topological polar surface area (TPSA) is 12.4 Å². The Hall–Kier alpha value is -0.850. The molecule has 48 valence electrons. The molecule has 0 aromatic carbocycles. The fourth-order valence-corrected chi connectivity index (χ4v) is 0.769. The molecule has 0 fully saturated rings. The summed E-state index contributed by atoms with van der Waals surface area (Å²) >= 11 is 0. The molecule has 9 heavy (non-hydrogen) atoms. The lowest BCUT2D eigenvalue weighted by molar-refractivity contribution is 1.21. The van der Waals surface area contributed by atoms with E-state index in [0.29, 0.717) is 0 Å². The predicted molar refractivity (Wildman–Crippen MR) is 40.6 cm³/mol. The molecule has 0 aromatic heterocycles. The van der Waals surface area contributed by atoms with Gasteiger partial charge in [0.25, 0.3) is 0 Å². The summed E-state index contributed by atoms with van der Waals surface area (Å²) in [6, 6.07) is 0.